The van der Waals surface area contributed by atoms with Crippen LogP contribution >= 0.6 is 0 Å². The molecule has 1 aliphatic carbocycles. The minimum absolute atomic E-state index is 0.234. The summed E-state index contributed by atoms with van der Waals surface area (Å²) in [5.74, 6) is -2.61. The summed E-state index contributed by atoms with van der Waals surface area (Å²) in [4.78, 5) is 35.6. The number of rotatable bonds is 6. The Morgan fingerprint density at radius 3 is 2.42 bits per heavy atom. The summed E-state index contributed by atoms with van der Waals surface area (Å²) in [6, 6.07) is 8.02. The van der Waals surface area contributed by atoms with Gasteiger partial charge in [-0.05, 0) is 44.0 Å². The number of nitrogens with zero attached hydrogens (tertiary/aromatic N) is 2. The molecule has 0 radical (unpaired) electrons. The smallest absolute Gasteiger partial charge is 0.307 e. The summed E-state index contributed by atoms with van der Waals surface area (Å²) < 4.78 is 1.55. The molecule has 0 bridgehead atoms. The minimum atomic E-state index is -0.940. The molecule has 0 aliphatic heterocycles. The standard InChI is InChI=1S/C18H20N4O4/c1-11(22-9-3-8-19-22)16(23)20-12-4-2-5-13(10-12)21-17(24)14-6-7-15(14)18(25)26/h2-5,8-11,14-15H,6-7H2,1H3,(H,20,23)(H,21,24)(H,25,26). The number of carbonyl (C=O) groups is 3. The van der Waals surface area contributed by atoms with Crippen molar-refractivity contribution in [2.45, 2.75) is 25.8 Å². The van der Waals surface area contributed by atoms with Crippen LogP contribution in [0.5, 0.6) is 0 Å². The maximum atomic E-state index is 12.3. The molecule has 26 heavy (non-hydrogen) atoms. The van der Waals surface area contributed by atoms with Crippen molar-refractivity contribution in [1.82, 2.24) is 9.78 Å². The first-order chi connectivity index (χ1) is 12.5. The summed E-state index contributed by atoms with van der Waals surface area (Å²) in [5, 5.41) is 18.6. The molecular weight excluding hydrogens is 336 g/mol. The lowest BCUT2D eigenvalue weighted by Gasteiger charge is -2.31. The summed E-state index contributed by atoms with van der Waals surface area (Å²) in [5.41, 5.74) is 1.05. The van der Waals surface area contributed by atoms with E-state index in [1.54, 1.807) is 54.3 Å². The van der Waals surface area contributed by atoms with Crippen molar-refractivity contribution >= 4 is 29.2 Å². The quantitative estimate of drug-likeness (QED) is 0.734. The Hall–Kier alpha value is -3.16. The molecule has 3 atom stereocenters. The van der Waals surface area contributed by atoms with E-state index in [4.69, 9.17) is 5.11 Å². The molecule has 3 unspecified atom stereocenters. The van der Waals surface area contributed by atoms with Crippen molar-refractivity contribution < 1.29 is 19.5 Å². The van der Waals surface area contributed by atoms with Gasteiger partial charge in [0.2, 0.25) is 11.8 Å². The number of aromatic nitrogens is 2. The van der Waals surface area contributed by atoms with Crippen LogP contribution in [-0.4, -0.2) is 32.7 Å². The van der Waals surface area contributed by atoms with E-state index in [1.807, 2.05) is 0 Å². The first-order valence-electron chi connectivity index (χ1n) is 8.39. The fraction of sp³-hybridized carbons (Fsp3) is 0.333. The van der Waals surface area contributed by atoms with Crippen LogP contribution in [0.3, 0.4) is 0 Å². The Kier molecular flexibility index (Phi) is 5.01. The Morgan fingerprint density at radius 2 is 1.85 bits per heavy atom. The van der Waals surface area contributed by atoms with Crippen LogP contribution in [0.1, 0.15) is 25.8 Å². The van der Waals surface area contributed by atoms with Gasteiger partial charge in [-0.3, -0.25) is 19.1 Å². The average Bonchev–Trinajstić information content (AvgIpc) is 3.07. The van der Waals surface area contributed by atoms with E-state index >= 15 is 0 Å². The second-order valence-corrected chi connectivity index (χ2v) is 6.35. The van der Waals surface area contributed by atoms with Crippen molar-refractivity contribution in [3.05, 3.63) is 42.7 Å². The molecule has 3 N–H and O–H groups in total. The molecule has 8 nitrogen and oxygen atoms in total. The molecule has 0 saturated heterocycles. The molecule has 1 heterocycles. The van der Waals surface area contributed by atoms with Gasteiger partial charge in [-0.15, -0.1) is 0 Å². The molecule has 3 rings (SSSR count). The summed E-state index contributed by atoms with van der Waals surface area (Å²) in [6.07, 6.45) is 4.40. The topological polar surface area (TPSA) is 113 Å². The van der Waals surface area contributed by atoms with E-state index < -0.39 is 23.8 Å². The third-order valence-corrected chi connectivity index (χ3v) is 4.63. The highest BCUT2D eigenvalue weighted by atomic mass is 16.4. The maximum Gasteiger partial charge on any atom is 0.307 e. The summed E-state index contributed by atoms with van der Waals surface area (Å²) >= 11 is 0. The van der Waals surface area contributed by atoms with Gasteiger partial charge in [0.05, 0.1) is 11.8 Å². The third kappa shape index (κ3) is 3.74. The normalized spacial score (nSPS) is 19.9. The fourth-order valence-corrected chi connectivity index (χ4v) is 2.90. The average molecular weight is 356 g/mol. The zero-order valence-corrected chi connectivity index (χ0v) is 14.3. The predicted molar refractivity (Wildman–Crippen MR) is 94.5 cm³/mol. The Balaban J connectivity index is 1.62. The molecule has 1 fully saturated rings. The van der Waals surface area contributed by atoms with Gasteiger partial charge in [0.1, 0.15) is 6.04 Å². The van der Waals surface area contributed by atoms with E-state index in [0.717, 1.165) is 0 Å². The molecule has 8 heteroatoms. The highest BCUT2D eigenvalue weighted by molar-refractivity contribution is 5.97. The Bertz CT molecular complexity index is 818. The van der Waals surface area contributed by atoms with Crippen molar-refractivity contribution in [2.75, 3.05) is 10.6 Å². The zero-order valence-electron chi connectivity index (χ0n) is 14.3. The van der Waals surface area contributed by atoms with Crippen LogP contribution in [0.2, 0.25) is 0 Å². The number of benzene rings is 1. The van der Waals surface area contributed by atoms with E-state index in [2.05, 4.69) is 15.7 Å². The van der Waals surface area contributed by atoms with Gasteiger partial charge < -0.3 is 15.7 Å². The van der Waals surface area contributed by atoms with Gasteiger partial charge in [-0.1, -0.05) is 6.07 Å². The van der Waals surface area contributed by atoms with Gasteiger partial charge in [0.25, 0.3) is 0 Å². The van der Waals surface area contributed by atoms with E-state index in [0.29, 0.717) is 24.2 Å². The van der Waals surface area contributed by atoms with Crippen LogP contribution in [-0.2, 0) is 14.4 Å². The number of amides is 2. The number of nitrogens with one attached hydrogen (secondary N) is 2. The number of carboxylic acids is 1. The summed E-state index contributed by atoms with van der Waals surface area (Å²) in [7, 11) is 0. The first-order valence-corrected chi connectivity index (χ1v) is 8.39. The number of carboxylic acid groups (broad SMARTS) is 1. The van der Waals surface area contributed by atoms with Crippen molar-refractivity contribution in [3.8, 4) is 0 Å². The molecule has 1 aromatic carbocycles. The van der Waals surface area contributed by atoms with Gasteiger partial charge in [-0.25, -0.2) is 0 Å². The second-order valence-electron chi connectivity index (χ2n) is 6.35. The largest absolute Gasteiger partial charge is 0.481 e. The minimum Gasteiger partial charge on any atom is -0.481 e. The number of hydrogen-bond donors (Lipinski definition) is 3. The van der Waals surface area contributed by atoms with Crippen molar-refractivity contribution in [3.63, 3.8) is 0 Å². The molecular formula is C18H20N4O4. The van der Waals surface area contributed by atoms with E-state index in [9.17, 15) is 14.4 Å². The van der Waals surface area contributed by atoms with Gasteiger partial charge >= 0.3 is 5.97 Å². The first kappa shape index (κ1) is 17.7. The SMILES string of the molecule is CC(C(=O)Nc1cccc(NC(=O)C2CCC2C(=O)O)c1)n1cccn1. The van der Waals surface area contributed by atoms with Gasteiger partial charge in [0.15, 0.2) is 0 Å². The third-order valence-electron chi connectivity index (χ3n) is 4.63. The van der Waals surface area contributed by atoms with E-state index in [1.165, 1.54) is 0 Å². The van der Waals surface area contributed by atoms with Crippen molar-refractivity contribution in [1.29, 1.82) is 0 Å². The monoisotopic (exact) mass is 356 g/mol. The number of hydrogen-bond acceptors (Lipinski definition) is 4. The van der Waals surface area contributed by atoms with Crippen LogP contribution < -0.4 is 10.6 Å². The van der Waals surface area contributed by atoms with Gasteiger partial charge in [0, 0.05) is 23.8 Å². The van der Waals surface area contributed by atoms with Crippen LogP contribution in [0.4, 0.5) is 11.4 Å². The zero-order chi connectivity index (χ0) is 18.7. The summed E-state index contributed by atoms with van der Waals surface area (Å²) in [6.45, 7) is 1.73. The number of aliphatic carboxylic acids is 1. The molecule has 1 aliphatic rings. The number of anilines is 2. The molecule has 1 aromatic heterocycles. The van der Waals surface area contributed by atoms with E-state index in [-0.39, 0.29) is 11.8 Å². The lowest BCUT2D eigenvalue weighted by atomic mass is 9.73. The van der Waals surface area contributed by atoms with Crippen LogP contribution in [0, 0.1) is 11.8 Å². The molecule has 0 spiro atoms. The fourth-order valence-electron chi connectivity index (χ4n) is 2.90. The van der Waals surface area contributed by atoms with Crippen molar-refractivity contribution in [2.24, 2.45) is 11.8 Å². The highest BCUT2D eigenvalue weighted by Gasteiger charge is 2.41. The second kappa shape index (κ2) is 7.38. The highest BCUT2D eigenvalue weighted by Crippen LogP contribution is 2.35. The lowest BCUT2D eigenvalue weighted by Crippen LogP contribution is -2.41. The van der Waals surface area contributed by atoms with Crippen LogP contribution in [0.25, 0.3) is 0 Å². The lowest BCUT2D eigenvalue weighted by molar-refractivity contribution is -0.151. The number of carbonyl (C=O) groups excluding carboxylic acids is 2. The molecule has 2 aromatic rings. The molecule has 136 valence electrons. The van der Waals surface area contributed by atoms with Gasteiger partial charge in [-0.2, -0.15) is 5.10 Å². The molecule has 1 saturated carbocycles. The Morgan fingerprint density at radius 1 is 1.15 bits per heavy atom. The molecule has 2 amide bonds. The van der Waals surface area contributed by atoms with Crippen LogP contribution in [0.15, 0.2) is 42.7 Å². The maximum absolute atomic E-state index is 12.3. The predicted octanol–water partition coefficient (Wildman–Crippen LogP) is 2.13. The Labute approximate surface area is 150 Å².